The minimum Gasteiger partial charge on any atom is -0.325 e. The highest BCUT2D eigenvalue weighted by molar-refractivity contribution is 5.22. The van der Waals surface area contributed by atoms with Crippen molar-refractivity contribution in [3.8, 4) is 0 Å². The molecule has 1 aromatic rings. The maximum atomic E-state index is 13.0. The van der Waals surface area contributed by atoms with E-state index in [0.29, 0.717) is 0 Å². The van der Waals surface area contributed by atoms with Gasteiger partial charge in [-0.1, -0.05) is 0 Å². The topological polar surface area (TPSA) is 43.8 Å². The molecule has 0 aliphatic heterocycles. The molecule has 1 heterocycles. The van der Waals surface area contributed by atoms with E-state index < -0.39 is 19.0 Å². The van der Waals surface area contributed by atoms with Gasteiger partial charge < -0.3 is 5.73 Å². The number of hydrogen-bond donors (Lipinski definition) is 1. The fraction of sp³-hybridized carbons (Fsp3) is 0.667. The zero-order valence-corrected chi connectivity index (χ0v) is 8.64. The molecule has 0 atom stereocenters. The van der Waals surface area contributed by atoms with Crippen molar-refractivity contribution in [2.24, 2.45) is 5.73 Å². The van der Waals surface area contributed by atoms with Gasteiger partial charge in [-0.3, -0.25) is 4.68 Å². The molecule has 3 nitrogen and oxygen atoms in total. The Balaban J connectivity index is 2.93. The van der Waals surface area contributed by atoms with Crippen LogP contribution >= 0.6 is 0 Å². The van der Waals surface area contributed by atoms with Crippen molar-refractivity contribution in [3.63, 3.8) is 0 Å². The highest BCUT2D eigenvalue weighted by Gasteiger charge is 2.28. The van der Waals surface area contributed by atoms with Gasteiger partial charge in [0.05, 0.1) is 12.2 Å². The first kappa shape index (κ1) is 11.1. The fourth-order valence-electron chi connectivity index (χ4n) is 1.22. The average Bonchev–Trinajstić information content (AvgIpc) is 2.33. The number of rotatable bonds is 3. The molecule has 0 aromatic carbocycles. The molecule has 0 radical (unpaired) electrons. The lowest BCUT2D eigenvalue weighted by Gasteiger charge is -2.14. The molecule has 0 aliphatic rings. The Morgan fingerprint density at radius 2 is 1.93 bits per heavy atom. The van der Waals surface area contributed by atoms with Crippen molar-refractivity contribution in [1.29, 1.82) is 0 Å². The fourth-order valence-corrected chi connectivity index (χ4v) is 1.22. The molecule has 5 heteroatoms. The number of aromatic nitrogens is 2. The lowest BCUT2D eigenvalue weighted by Crippen LogP contribution is -2.33. The zero-order chi connectivity index (χ0) is 10.9. The van der Waals surface area contributed by atoms with E-state index in [-0.39, 0.29) is 0 Å². The van der Waals surface area contributed by atoms with E-state index in [1.54, 1.807) is 13.8 Å². The summed E-state index contributed by atoms with van der Waals surface area (Å²) in [5.74, 6) is -2.88. The molecule has 0 bridgehead atoms. The van der Waals surface area contributed by atoms with E-state index in [4.69, 9.17) is 5.73 Å². The van der Waals surface area contributed by atoms with Crippen LogP contribution in [0.25, 0.3) is 0 Å². The number of halogens is 2. The second kappa shape index (κ2) is 3.65. The van der Waals surface area contributed by atoms with Gasteiger partial charge in [-0.15, -0.1) is 0 Å². The third-order valence-corrected chi connectivity index (χ3v) is 2.42. The van der Waals surface area contributed by atoms with E-state index in [1.807, 2.05) is 6.92 Å². The van der Waals surface area contributed by atoms with Gasteiger partial charge in [0.15, 0.2) is 0 Å². The first-order valence-electron chi connectivity index (χ1n) is 4.46. The smallest absolute Gasteiger partial charge is 0.279 e. The van der Waals surface area contributed by atoms with Crippen molar-refractivity contribution in [1.82, 2.24) is 9.78 Å². The van der Waals surface area contributed by atoms with Crippen LogP contribution in [0.2, 0.25) is 0 Å². The standard InChI is InChI=1S/C9H15F2N3/c1-6-7(2)13-14(8(6)3)5-9(10,11)4-12/h4-5,12H2,1-3H3. The minimum absolute atomic E-state index is 0.440. The third kappa shape index (κ3) is 2.09. The number of nitrogens with two attached hydrogens (primary N) is 1. The Kier molecular flexibility index (Phi) is 2.89. The molecule has 0 aliphatic carbocycles. The number of hydrogen-bond acceptors (Lipinski definition) is 2. The molecule has 0 spiro atoms. The van der Waals surface area contributed by atoms with Crippen molar-refractivity contribution >= 4 is 0 Å². The summed E-state index contributed by atoms with van der Waals surface area (Å²) < 4.78 is 27.3. The van der Waals surface area contributed by atoms with E-state index in [9.17, 15) is 8.78 Å². The maximum Gasteiger partial charge on any atom is 0.279 e. The molecule has 0 saturated carbocycles. The number of alkyl halides is 2. The Labute approximate surface area is 81.9 Å². The van der Waals surface area contributed by atoms with Gasteiger partial charge in [0.25, 0.3) is 5.92 Å². The largest absolute Gasteiger partial charge is 0.325 e. The average molecular weight is 203 g/mol. The number of aryl methyl sites for hydroxylation is 1. The molecule has 1 rings (SSSR count). The van der Waals surface area contributed by atoms with Crippen LogP contribution in [0, 0.1) is 20.8 Å². The van der Waals surface area contributed by atoms with Crippen LogP contribution in [0.4, 0.5) is 8.78 Å². The zero-order valence-electron chi connectivity index (χ0n) is 8.64. The molecule has 14 heavy (non-hydrogen) atoms. The normalized spacial score (nSPS) is 12.1. The van der Waals surface area contributed by atoms with E-state index in [0.717, 1.165) is 17.0 Å². The van der Waals surface area contributed by atoms with Gasteiger partial charge in [0.2, 0.25) is 0 Å². The lowest BCUT2D eigenvalue weighted by atomic mass is 10.2. The summed E-state index contributed by atoms with van der Waals surface area (Å²) in [7, 11) is 0. The molecule has 0 fully saturated rings. The van der Waals surface area contributed by atoms with Gasteiger partial charge >= 0.3 is 0 Å². The van der Waals surface area contributed by atoms with Crippen molar-refractivity contribution in [2.75, 3.05) is 6.54 Å². The quantitative estimate of drug-likeness (QED) is 0.807. The summed E-state index contributed by atoms with van der Waals surface area (Å²) in [6.45, 7) is 4.37. The van der Waals surface area contributed by atoms with Crippen molar-refractivity contribution in [2.45, 2.75) is 33.2 Å². The van der Waals surface area contributed by atoms with Crippen molar-refractivity contribution in [3.05, 3.63) is 17.0 Å². The molecule has 0 amide bonds. The third-order valence-electron chi connectivity index (χ3n) is 2.42. The Morgan fingerprint density at radius 3 is 2.29 bits per heavy atom. The molecule has 2 N–H and O–H groups in total. The Bertz CT molecular complexity index is 331. The van der Waals surface area contributed by atoms with E-state index >= 15 is 0 Å². The molecular weight excluding hydrogens is 188 g/mol. The summed E-state index contributed by atoms with van der Waals surface area (Å²) in [5, 5.41) is 4.02. The molecular formula is C9H15F2N3. The predicted octanol–water partition coefficient (Wildman–Crippen LogP) is 1.40. The van der Waals surface area contributed by atoms with Crippen LogP contribution in [0.15, 0.2) is 0 Å². The maximum absolute atomic E-state index is 13.0. The van der Waals surface area contributed by atoms with Gasteiger partial charge in [0, 0.05) is 5.69 Å². The van der Waals surface area contributed by atoms with Crippen LogP contribution in [-0.2, 0) is 6.54 Å². The van der Waals surface area contributed by atoms with E-state index in [2.05, 4.69) is 5.10 Å². The van der Waals surface area contributed by atoms with Gasteiger partial charge in [0.1, 0.15) is 6.54 Å². The SMILES string of the molecule is Cc1nn(CC(F)(F)CN)c(C)c1C. The first-order valence-corrected chi connectivity index (χ1v) is 4.46. The second-order valence-corrected chi connectivity index (χ2v) is 3.51. The summed E-state index contributed by atoms with van der Waals surface area (Å²) in [6.07, 6.45) is 0. The second-order valence-electron chi connectivity index (χ2n) is 3.51. The van der Waals surface area contributed by atoms with E-state index in [1.165, 1.54) is 4.68 Å². The van der Waals surface area contributed by atoms with Crippen molar-refractivity contribution < 1.29 is 8.78 Å². The Hall–Kier alpha value is -0.970. The van der Waals surface area contributed by atoms with Gasteiger partial charge in [-0.2, -0.15) is 5.10 Å². The highest BCUT2D eigenvalue weighted by atomic mass is 19.3. The molecule has 80 valence electrons. The lowest BCUT2D eigenvalue weighted by molar-refractivity contribution is -0.0104. The summed E-state index contributed by atoms with van der Waals surface area (Å²) >= 11 is 0. The van der Waals surface area contributed by atoms with Crippen LogP contribution < -0.4 is 5.73 Å². The van der Waals surface area contributed by atoms with Gasteiger partial charge in [-0.05, 0) is 26.3 Å². The van der Waals surface area contributed by atoms with Gasteiger partial charge in [-0.25, -0.2) is 8.78 Å². The summed E-state index contributed by atoms with van der Waals surface area (Å²) in [4.78, 5) is 0. The monoisotopic (exact) mass is 203 g/mol. The minimum atomic E-state index is -2.88. The van der Waals surface area contributed by atoms with Crippen LogP contribution in [0.3, 0.4) is 0 Å². The summed E-state index contributed by atoms with van der Waals surface area (Å²) in [6, 6.07) is 0. The molecule has 1 aromatic heterocycles. The predicted molar refractivity (Wildman–Crippen MR) is 50.4 cm³/mol. The first-order chi connectivity index (χ1) is 6.37. The molecule has 0 unspecified atom stereocenters. The molecule has 0 saturated heterocycles. The summed E-state index contributed by atoms with van der Waals surface area (Å²) in [5.41, 5.74) is 7.48. The van der Waals surface area contributed by atoms with Crippen LogP contribution in [0.1, 0.15) is 17.0 Å². The highest BCUT2D eigenvalue weighted by Crippen LogP contribution is 2.18. The van der Waals surface area contributed by atoms with Crippen LogP contribution in [-0.4, -0.2) is 22.2 Å². The van der Waals surface area contributed by atoms with Crippen LogP contribution in [0.5, 0.6) is 0 Å². The Morgan fingerprint density at radius 1 is 1.36 bits per heavy atom. The number of nitrogens with zero attached hydrogens (tertiary/aromatic N) is 2.